The van der Waals surface area contributed by atoms with E-state index in [1.165, 1.54) is 0 Å². The van der Waals surface area contributed by atoms with E-state index in [1.807, 2.05) is 0 Å². The first-order valence-corrected chi connectivity index (χ1v) is 7.56. The lowest BCUT2D eigenvalue weighted by Crippen LogP contribution is -2.31. The van der Waals surface area contributed by atoms with Gasteiger partial charge in [-0.05, 0) is 31.6 Å². The SMILES string of the molecule is COc1cc(OC)cc(C(=O)OCCN2CCCNCC2)c1. The third-order valence-electron chi connectivity index (χ3n) is 3.66. The summed E-state index contributed by atoms with van der Waals surface area (Å²) >= 11 is 0. The van der Waals surface area contributed by atoms with Gasteiger partial charge in [0, 0.05) is 25.7 Å². The molecule has 122 valence electrons. The van der Waals surface area contributed by atoms with Crippen LogP contribution in [-0.4, -0.2) is 64.4 Å². The van der Waals surface area contributed by atoms with Crippen molar-refractivity contribution in [3.63, 3.8) is 0 Å². The number of benzene rings is 1. The Labute approximate surface area is 131 Å². The van der Waals surface area contributed by atoms with Crippen molar-refractivity contribution in [2.75, 3.05) is 53.6 Å². The molecule has 1 aliphatic heterocycles. The molecule has 1 fully saturated rings. The fourth-order valence-corrected chi connectivity index (χ4v) is 2.40. The van der Waals surface area contributed by atoms with Gasteiger partial charge in [0.25, 0.3) is 0 Å². The fourth-order valence-electron chi connectivity index (χ4n) is 2.40. The summed E-state index contributed by atoms with van der Waals surface area (Å²) in [5, 5.41) is 3.35. The van der Waals surface area contributed by atoms with Gasteiger partial charge in [-0.25, -0.2) is 4.79 Å². The number of nitrogens with zero attached hydrogens (tertiary/aromatic N) is 1. The van der Waals surface area contributed by atoms with Crippen molar-refractivity contribution in [1.29, 1.82) is 0 Å². The van der Waals surface area contributed by atoms with Crippen molar-refractivity contribution >= 4 is 5.97 Å². The highest BCUT2D eigenvalue weighted by Gasteiger charge is 2.13. The molecular weight excluding hydrogens is 284 g/mol. The maximum absolute atomic E-state index is 12.1. The van der Waals surface area contributed by atoms with E-state index in [4.69, 9.17) is 14.2 Å². The van der Waals surface area contributed by atoms with Crippen LogP contribution in [0.15, 0.2) is 18.2 Å². The second-order valence-corrected chi connectivity index (χ2v) is 5.18. The summed E-state index contributed by atoms with van der Waals surface area (Å²) in [5.41, 5.74) is 0.439. The van der Waals surface area contributed by atoms with Gasteiger partial charge in [0.15, 0.2) is 0 Å². The van der Waals surface area contributed by atoms with Gasteiger partial charge in [-0.1, -0.05) is 0 Å². The van der Waals surface area contributed by atoms with Gasteiger partial charge in [0.2, 0.25) is 0 Å². The van der Waals surface area contributed by atoms with E-state index >= 15 is 0 Å². The molecule has 6 heteroatoms. The van der Waals surface area contributed by atoms with E-state index in [0.717, 1.165) is 39.1 Å². The number of ether oxygens (including phenoxy) is 3. The van der Waals surface area contributed by atoms with Crippen LogP contribution in [0.4, 0.5) is 0 Å². The minimum Gasteiger partial charge on any atom is -0.497 e. The summed E-state index contributed by atoms with van der Waals surface area (Å²) in [7, 11) is 3.11. The van der Waals surface area contributed by atoms with Gasteiger partial charge in [-0.15, -0.1) is 0 Å². The van der Waals surface area contributed by atoms with Gasteiger partial charge in [-0.2, -0.15) is 0 Å². The maximum atomic E-state index is 12.1. The van der Waals surface area contributed by atoms with Gasteiger partial charge < -0.3 is 19.5 Å². The largest absolute Gasteiger partial charge is 0.497 e. The van der Waals surface area contributed by atoms with Gasteiger partial charge in [-0.3, -0.25) is 4.90 Å². The molecule has 6 nitrogen and oxygen atoms in total. The summed E-state index contributed by atoms with van der Waals surface area (Å²) in [5.74, 6) is 0.792. The monoisotopic (exact) mass is 308 g/mol. The topological polar surface area (TPSA) is 60.0 Å². The highest BCUT2D eigenvalue weighted by molar-refractivity contribution is 5.90. The van der Waals surface area contributed by atoms with Crippen molar-refractivity contribution < 1.29 is 19.0 Å². The molecule has 22 heavy (non-hydrogen) atoms. The summed E-state index contributed by atoms with van der Waals surface area (Å²) in [6.45, 7) is 5.22. The Kier molecular flexibility index (Phi) is 6.48. The molecule has 1 saturated heterocycles. The summed E-state index contributed by atoms with van der Waals surface area (Å²) in [4.78, 5) is 14.4. The van der Waals surface area contributed by atoms with Crippen LogP contribution in [0.3, 0.4) is 0 Å². The predicted octanol–water partition coefficient (Wildman–Crippen LogP) is 1.16. The quantitative estimate of drug-likeness (QED) is 0.796. The molecule has 1 aromatic carbocycles. The van der Waals surface area contributed by atoms with Gasteiger partial charge >= 0.3 is 5.97 Å². The summed E-state index contributed by atoms with van der Waals surface area (Å²) < 4.78 is 15.7. The van der Waals surface area contributed by atoms with Crippen LogP contribution in [0.1, 0.15) is 16.8 Å². The van der Waals surface area contributed by atoms with Crippen LogP contribution in [-0.2, 0) is 4.74 Å². The third kappa shape index (κ3) is 4.89. The van der Waals surface area contributed by atoms with Crippen LogP contribution in [0, 0.1) is 0 Å². The van der Waals surface area contributed by atoms with Crippen LogP contribution >= 0.6 is 0 Å². The van der Waals surface area contributed by atoms with Gasteiger partial charge in [0.1, 0.15) is 18.1 Å². The lowest BCUT2D eigenvalue weighted by Gasteiger charge is -2.19. The van der Waals surface area contributed by atoms with Crippen molar-refractivity contribution in [1.82, 2.24) is 10.2 Å². The van der Waals surface area contributed by atoms with Crippen LogP contribution in [0.2, 0.25) is 0 Å². The molecule has 0 radical (unpaired) electrons. The lowest BCUT2D eigenvalue weighted by molar-refractivity contribution is 0.0464. The van der Waals surface area contributed by atoms with E-state index in [9.17, 15) is 4.79 Å². The highest BCUT2D eigenvalue weighted by atomic mass is 16.5. The Morgan fingerprint density at radius 1 is 1.14 bits per heavy atom. The lowest BCUT2D eigenvalue weighted by atomic mass is 10.2. The van der Waals surface area contributed by atoms with E-state index in [0.29, 0.717) is 23.7 Å². The number of hydrogen-bond acceptors (Lipinski definition) is 6. The Morgan fingerprint density at radius 3 is 2.55 bits per heavy atom. The molecule has 0 saturated carbocycles. The zero-order valence-electron chi connectivity index (χ0n) is 13.3. The van der Waals surface area contributed by atoms with E-state index in [2.05, 4.69) is 10.2 Å². The first-order chi connectivity index (χ1) is 10.7. The van der Waals surface area contributed by atoms with Crippen molar-refractivity contribution in [3.8, 4) is 11.5 Å². The molecule has 1 N–H and O–H groups in total. The molecule has 0 bridgehead atoms. The number of rotatable bonds is 6. The molecule has 0 aliphatic carbocycles. The minimum atomic E-state index is -0.356. The zero-order valence-corrected chi connectivity index (χ0v) is 13.3. The molecule has 0 amide bonds. The average Bonchev–Trinajstić information content (AvgIpc) is 2.83. The van der Waals surface area contributed by atoms with Gasteiger partial charge in [0.05, 0.1) is 19.8 Å². The fraction of sp³-hybridized carbons (Fsp3) is 0.562. The number of nitrogens with one attached hydrogen (secondary N) is 1. The second-order valence-electron chi connectivity index (χ2n) is 5.18. The minimum absolute atomic E-state index is 0.356. The summed E-state index contributed by atoms with van der Waals surface area (Å²) in [6, 6.07) is 5.03. The molecule has 0 unspecified atom stereocenters. The number of carbonyl (C=O) groups is 1. The van der Waals surface area contributed by atoms with Crippen molar-refractivity contribution in [3.05, 3.63) is 23.8 Å². The molecule has 1 aromatic rings. The Balaban J connectivity index is 1.86. The first-order valence-electron chi connectivity index (χ1n) is 7.56. The predicted molar refractivity (Wildman–Crippen MR) is 83.8 cm³/mol. The number of esters is 1. The van der Waals surface area contributed by atoms with Crippen molar-refractivity contribution in [2.24, 2.45) is 0 Å². The van der Waals surface area contributed by atoms with E-state index in [1.54, 1.807) is 32.4 Å². The second kappa shape index (κ2) is 8.60. The average molecular weight is 308 g/mol. The van der Waals surface area contributed by atoms with Crippen molar-refractivity contribution in [2.45, 2.75) is 6.42 Å². The molecule has 1 heterocycles. The molecule has 2 rings (SSSR count). The zero-order chi connectivity index (χ0) is 15.8. The number of carbonyl (C=O) groups excluding carboxylic acids is 1. The van der Waals surface area contributed by atoms with Crippen LogP contribution in [0.5, 0.6) is 11.5 Å². The Bertz CT molecular complexity index is 463. The first kappa shape index (κ1) is 16.6. The smallest absolute Gasteiger partial charge is 0.338 e. The Morgan fingerprint density at radius 2 is 1.86 bits per heavy atom. The molecule has 0 atom stereocenters. The van der Waals surface area contributed by atoms with Crippen LogP contribution < -0.4 is 14.8 Å². The van der Waals surface area contributed by atoms with E-state index < -0.39 is 0 Å². The molecule has 0 aromatic heterocycles. The normalized spacial score (nSPS) is 15.9. The maximum Gasteiger partial charge on any atom is 0.338 e. The number of methoxy groups -OCH3 is 2. The highest BCUT2D eigenvalue weighted by Crippen LogP contribution is 2.22. The molecular formula is C16H24N2O4. The Hall–Kier alpha value is -1.79. The molecule has 0 spiro atoms. The number of hydrogen-bond donors (Lipinski definition) is 1. The van der Waals surface area contributed by atoms with Crippen LogP contribution in [0.25, 0.3) is 0 Å². The summed E-state index contributed by atoms with van der Waals surface area (Å²) in [6.07, 6.45) is 1.13. The third-order valence-corrected chi connectivity index (χ3v) is 3.66. The van der Waals surface area contributed by atoms with E-state index in [-0.39, 0.29) is 5.97 Å². The standard InChI is InChI=1S/C16H24N2O4/c1-20-14-10-13(11-15(12-14)21-2)16(19)22-9-8-18-6-3-4-17-5-7-18/h10-12,17H,3-9H2,1-2H3. The molecule has 1 aliphatic rings.